The van der Waals surface area contributed by atoms with E-state index in [0.717, 1.165) is 0 Å². The van der Waals surface area contributed by atoms with Crippen molar-refractivity contribution in [3.05, 3.63) is 35.9 Å². The van der Waals surface area contributed by atoms with Gasteiger partial charge in [0.2, 0.25) is 0 Å². The summed E-state index contributed by atoms with van der Waals surface area (Å²) in [4.78, 5) is 2.09. The van der Waals surface area contributed by atoms with Crippen LogP contribution in [0, 0.1) is 0 Å². The molecule has 90 valence electrons. The minimum atomic E-state index is -0.697. The van der Waals surface area contributed by atoms with Gasteiger partial charge in [-0.3, -0.25) is 4.90 Å². The van der Waals surface area contributed by atoms with E-state index in [4.69, 9.17) is 5.73 Å². The molecule has 1 unspecified atom stereocenters. The molecule has 1 aromatic carbocycles. The van der Waals surface area contributed by atoms with Gasteiger partial charge in [0, 0.05) is 19.1 Å². The van der Waals surface area contributed by atoms with Crippen LogP contribution in [0.15, 0.2) is 30.3 Å². The zero-order valence-electron chi connectivity index (χ0n) is 10.4. The summed E-state index contributed by atoms with van der Waals surface area (Å²) < 4.78 is 0. The summed E-state index contributed by atoms with van der Waals surface area (Å²) in [6, 6.07) is 10.3. The molecule has 0 amide bonds. The molecule has 0 saturated carbocycles. The van der Waals surface area contributed by atoms with Crippen molar-refractivity contribution in [3.63, 3.8) is 0 Å². The van der Waals surface area contributed by atoms with E-state index >= 15 is 0 Å². The zero-order chi connectivity index (χ0) is 12.2. The minimum absolute atomic E-state index is 0.160. The fourth-order valence-electron chi connectivity index (χ4n) is 1.97. The number of nitrogens with zero attached hydrogens (tertiary/aromatic N) is 1. The van der Waals surface area contributed by atoms with Gasteiger partial charge < -0.3 is 10.8 Å². The Labute approximate surface area is 97.9 Å². The molecule has 1 rings (SSSR count). The second-order valence-electron chi connectivity index (χ2n) is 4.89. The fraction of sp³-hybridized carbons (Fsp3) is 0.538. The second-order valence-corrected chi connectivity index (χ2v) is 4.89. The second kappa shape index (κ2) is 5.43. The lowest BCUT2D eigenvalue weighted by Crippen LogP contribution is -2.40. The van der Waals surface area contributed by atoms with Crippen molar-refractivity contribution in [2.45, 2.75) is 25.5 Å². The molecule has 1 atom stereocenters. The van der Waals surface area contributed by atoms with Crippen LogP contribution in [-0.4, -0.2) is 35.7 Å². The Morgan fingerprint density at radius 3 is 2.31 bits per heavy atom. The van der Waals surface area contributed by atoms with Crippen LogP contribution in [0.3, 0.4) is 0 Å². The Hall–Kier alpha value is -0.900. The van der Waals surface area contributed by atoms with Crippen molar-refractivity contribution in [1.82, 2.24) is 4.90 Å². The molecular weight excluding hydrogens is 200 g/mol. The first-order valence-electron chi connectivity index (χ1n) is 5.61. The Kier molecular flexibility index (Phi) is 4.47. The standard InChI is InChI=1S/C13H22N2O/c1-13(2,16)10-15(3)12(9-14)11-7-5-4-6-8-11/h4-8,12,16H,9-10,14H2,1-3H3. The lowest BCUT2D eigenvalue weighted by molar-refractivity contribution is 0.0321. The highest BCUT2D eigenvalue weighted by atomic mass is 16.3. The van der Waals surface area contributed by atoms with Gasteiger partial charge in [0.25, 0.3) is 0 Å². The van der Waals surface area contributed by atoms with Crippen LogP contribution >= 0.6 is 0 Å². The molecule has 0 bridgehead atoms. The van der Waals surface area contributed by atoms with Crippen molar-refractivity contribution in [3.8, 4) is 0 Å². The smallest absolute Gasteiger partial charge is 0.0718 e. The van der Waals surface area contributed by atoms with E-state index in [9.17, 15) is 5.11 Å². The molecule has 0 fully saturated rings. The molecule has 16 heavy (non-hydrogen) atoms. The summed E-state index contributed by atoms with van der Waals surface area (Å²) in [5.41, 5.74) is 6.30. The highest BCUT2D eigenvalue weighted by Gasteiger charge is 2.21. The zero-order valence-corrected chi connectivity index (χ0v) is 10.4. The third-order valence-corrected chi connectivity index (χ3v) is 2.58. The number of rotatable bonds is 5. The predicted octanol–water partition coefficient (Wildman–Crippen LogP) is 1.39. The molecule has 1 aromatic rings. The Morgan fingerprint density at radius 2 is 1.88 bits per heavy atom. The van der Waals surface area contributed by atoms with E-state index in [1.807, 2.05) is 39.1 Å². The monoisotopic (exact) mass is 222 g/mol. The molecule has 3 nitrogen and oxygen atoms in total. The maximum Gasteiger partial charge on any atom is 0.0718 e. The van der Waals surface area contributed by atoms with Crippen LogP contribution in [0.5, 0.6) is 0 Å². The van der Waals surface area contributed by atoms with Crippen molar-refractivity contribution < 1.29 is 5.11 Å². The maximum absolute atomic E-state index is 9.80. The molecule has 0 aliphatic heterocycles. The van der Waals surface area contributed by atoms with Gasteiger partial charge in [-0.25, -0.2) is 0 Å². The third-order valence-electron chi connectivity index (χ3n) is 2.58. The average Bonchev–Trinajstić information content (AvgIpc) is 2.17. The molecule has 0 heterocycles. The maximum atomic E-state index is 9.80. The van der Waals surface area contributed by atoms with Crippen LogP contribution in [-0.2, 0) is 0 Å². The number of benzene rings is 1. The van der Waals surface area contributed by atoms with E-state index in [1.165, 1.54) is 5.56 Å². The first-order chi connectivity index (χ1) is 7.44. The fourth-order valence-corrected chi connectivity index (χ4v) is 1.97. The summed E-state index contributed by atoms with van der Waals surface area (Å²) in [5.74, 6) is 0. The predicted molar refractivity (Wildman–Crippen MR) is 67.2 cm³/mol. The van der Waals surface area contributed by atoms with Crippen molar-refractivity contribution >= 4 is 0 Å². The number of hydrogen-bond acceptors (Lipinski definition) is 3. The largest absolute Gasteiger partial charge is 0.389 e. The van der Waals surface area contributed by atoms with Gasteiger partial charge in [0.15, 0.2) is 0 Å². The number of hydrogen-bond donors (Lipinski definition) is 2. The van der Waals surface area contributed by atoms with E-state index in [-0.39, 0.29) is 6.04 Å². The first-order valence-corrected chi connectivity index (χ1v) is 5.61. The van der Waals surface area contributed by atoms with E-state index < -0.39 is 5.60 Å². The normalized spacial score (nSPS) is 14.1. The molecule has 3 N–H and O–H groups in total. The van der Waals surface area contributed by atoms with E-state index in [0.29, 0.717) is 13.1 Å². The topological polar surface area (TPSA) is 49.5 Å². The molecule has 0 aliphatic rings. The van der Waals surface area contributed by atoms with Crippen molar-refractivity contribution in [2.24, 2.45) is 5.73 Å². The summed E-state index contributed by atoms with van der Waals surface area (Å²) in [6.45, 7) is 4.77. The lowest BCUT2D eigenvalue weighted by atomic mass is 10.0. The molecule has 0 saturated heterocycles. The Bertz CT molecular complexity index is 305. The van der Waals surface area contributed by atoms with Crippen LogP contribution in [0.2, 0.25) is 0 Å². The molecule has 0 aliphatic carbocycles. The quantitative estimate of drug-likeness (QED) is 0.791. The molecular formula is C13H22N2O. The van der Waals surface area contributed by atoms with Gasteiger partial charge in [-0.05, 0) is 26.5 Å². The average molecular weight is 222 g/mol. The summed E-state index contributed by atoms with van der Waals surface area (Å²) >= 11 is 0. The van der Waals surface area contributed by atoms with E-state index in [2.05, 4.69) is 17.0 Å². The van der Waals surface area contributed by atoms with Crippen molar-refractivity contribution in [2.75, 3.05) is 20.1 Å². The van der Waals surface area contributed by atoms with Crippen LogP contribution in [0.4, 0.5) is 0 Å². The highest BCUT2D eigenvalue weighted by Crippen LogP contribution is 2.19. The molecule has 0 spiro atoms. The first kappa shape index (κ1) is 13.2. The third kappa shape index (κ3) is 3.93. The minimum Gasteiger partial charge on any atom is -0.389 e. The van der Waals surface area contributed by atoms with Crippen LogP contribution < -0.4 is 5.73 Å². The van der Waals surface area contributed by atoms with Gasteiger partial charge in [0.1, 0.15) is 0 Å². The SMILES string of the molecule is CN(CC(C)(C)O)C(CN)c1ccccc1. The molecule has 3 heteroatoms. The highest BCUT2D eigenvalue weighted by molar-refractivity contribution is 5.19. The number of likely N-dealkylation sites (N-methyl/N-ethyl adjacent to an activating group) is 1. The van der Waals surface area contributed by atoms with Gasteiger partial charge in [0.05, 0.1) is 5.60 Å². The summed E-state index contributed by atoms with van der Waals surface area (Å²) in [6.07, 6.45) is 0. The van der Waals surface area contributed by atoms with Gasteiger partial charge in [-0.15, -0.1) is 0 Å². The van der Waals surface area contributed by atoms with Crippen LogP contribution in [0.25, 0.3) is 0 Å². The Balaban J connectivity index is 2.75. The number of aliphatic hydroxyl groups is 1. The van der Waals surface area contributed by atoms with Crippen molar-refractivity contribution in [1.29, 1.82) is 0 Å². The molecule has 0 aromatic heterocycles. The van der Waals surface area contributed by atoms with Gasteiger partial charge >= 0.3 is 0 Å². The van der Waals surface area contributed by atoms with Gasteiger partial charge in [-0.2, -0.15) is 0 Å². The molecule has 0 radical (unpaired) electrons. The summed E-state index contributed by atoms with van der Waals surface area (Å²) in [7, 11) is 1.99. The lowest BCUT2D eigenvalue weighted by Gasteiger charge is -2.32. The van der Waals surface area contributed by atoms with E-state index in [1.54, 1.807) is 0 Å². The van der Waals surface area contributed by atoms with Crippen LogP contribution in [0.1, 0.15) is 25.5 Å². The summed E-state index contributed by atoms with van der Waals surface area (Å²) in [5, 5.41) is 9.80. The Morgan fingerprint density at radius 1 is 1.31 bits per heavy atom. The van der Waals surface area contributed by atoms with Gasteiger partial charge in [-0.1, -0.05) is 30.3 Å². The number of nitrogens with two attached hydrogens (primary N) is 1.